The molecule has 1 N–H and O–H groups in total. The standard InChI is InChI=1S/C12H24N2O/c1-3-4-5-6-8-11(2)13-12(15)14-9-7-10-14/h11H,3-10H2,1-2H3,(H,13,15)/t11-/m0/s1. The van der Waals surface area contributed by atoms with Gasteiger partial charge in [-0.25, -0.2) is 4.79 Å². The lowest BCUT2D eigenvalue weighted by molar-refractivity contribution is 0.164. The normalized spacial score (nSPS) is 17.1. The number of carbonyl (C=O) groups excluding carboxylic acids is 1. The Kier molecular flexibility index (Phi) is 5.51. The van der Waals surface area contributed by atoms with Crippen molar-refractivity contribution in [1.29, 1.82) is 0 Å². The summed E-state index contributed by atoms with van der Waals surface area (Å²) in [6, 6.07) is 0.458. The molecule has 88 valence electrons. The van der Waals surface area contributed by atoms with Crippen molar-refractivity contribution < 1.29 is 4.79 Å². The fourth-order valence-electron chi connectivity index (χ4n) is 1.77. The van der Waals surface area contributed by atoms with Crippen molar-refractivity contribution in [3.8, 4) is 0 Å². The maximum Gasteiger partial charge on any atom is 0.317 e. The van der Waals surface area contributed by atoms with Crippen LogP contribution in [0.15, 0.2) is 0 Å². The molecule has 1 atom stereocenters. The summed E-state index contributed by atoms with van der Waals surface area (Å²) in [5.74, 6) is 0. The van der Waals surface area contributed by atoms with Gasteiger partial charge in [0.15, 0.2) is 0 Å². The van der Waals surface area contributed by atoms with Crippen molar-refractivity contribution in [1.82, 2.24) is 10.2 Å². The number of rotatable bonds is 6. The van der Waals surface area contributed by atoms with E-state index in [0.717, 1.165) is 25.9 Å². The molecule has 1 saturated heterocycles. The van der Waals surface area contributed by atoms with Crippen LogP contribution < -0.4 is 5.32 Å². The van der Waals surface area contributed by atoms with Gasteiger partial charge in [-0.2, -0.15) is 0 Å². The molecule has 1 aliphatic rings. The van der Waals surface area contributed by atoms with E-state index in [-0.39, 0.29) is 6.03 Å². The summed E-state index contributed by atoms with van der Waals surface area (Å²) in [7, 11) is 0. The van der Waals surface area contributed by atoms with E-state index < -0.39 is 0 Å². The smallest absolute Gasteiger partial charge is 0.317 e. The zero-order valence-electron chi connectivity index (χ0n) is 10.1. The molecular formula is C12H24N2O. The summed E-state index contributed by atoms with van der Waals surface area (Å²) >= 11 is 0. The maximum atomic E-state index is 11.5. The number of unbranched alkanes of at least 4 members (excludes halogenated alkanes) is 3. The van der Waals surface area contributed by atoms with E-state index in [4.69, 9.17) is 0 Å². The van der Waals surface area contributed by atoms with Gasteiger partial charge in [0.2, 0.25) is 0 Å². The van der Waals surface area contributed by atoms with Gasteiger partial charge in [-0.05, 0) is 19.8 Å². The van der Waals surface area contributed by atoms with Gasteiger partial charge in [-0.15, -0.1) is 0 Å². The molecule has 0 aromatic rings. The predicted molar refractivity (Wildman–Crippen MR) is 62.9 cm³/mol. The first-order chi connectivity index (χ1) is 7.24. The minimum Gasteiger partial charge on any atom is -0.336 e. The number of amides is 2. The fraction of sp³-hybridized carbons (Fsp3) is 0.917. The number of nitrogens with one attached hydrogen (secondary N) is 1. The molecule has 1 heterocycles. The van der Waals surface area contributed by atoms with E-state index in [1.165, 1.54) is 25.7 Å². The van der Waals surface area contributed by atoms with Crippen LogP contribution in [-0.2, 0) is 0 Å². The zero-order valence-corrected chi connectivity index (χ0v) is 10.1. The highest BCUT2D eigenvalue weighted by atomic mass is 16.2. The van der Waals surface area contributed by atoms with Crippen molar-refractivity contribution >= 4 is 6.03 Å². The third-order valence-corrected chi connectivity index (χ3v) is 3.00. The Bertz CT molecular complexity index is 190. The van der Waals surface area contributed by atoms with Crippen LogP contribution in [0, 0.1) is 0 Å². The molecule has 0 spiro atoms. The monoisotopic (exact) mass is 212 g/mol. The Morgan fingerprint density at radius 2 is 2.07 bits per heavy atom. The highest BCUT2D eigenvalue weighted by Gasteiger charge is 2.20. The largest absolute Gasteiger partial charge is 0.336 e. The molecule has 0 aliphatic carbocycles. The summed E-state index contributed by atoms with van der Waals surface area (Å²) in [5.41, 5.74) is 0. The molecule has 1 fully saturated rings. The Labute approximate surface area is 93.2 Å². The molecule has 0 unspecified atom stereocenters. The highest BCUT2D eigenvalue weighted by molar-refractivity contribution is 5.75. The van der Waals surface area contributed by atoms with E-state index >= 15 is 0 Å². The second-order valence-electron chi connectivity index (χ2n) is 4.54. The Balaban J connectivity index is 2.01. The van der Waals surface area contributed by atoms with Crippen LogP contribution >= 0.6 is 0 Å². The van der Waals surface area contributed by atoms with E-state index in [0.29, 0.717) is 6.04 Å². The van der Waals surface area contributed by atoms with E-state index in [2.05, 4.69) is 19.2 Å². The molecule has 3 heteroatoms. The van der Waals surface area contributed by atoms with Crippen LogP contribution in [0.1, 0.15) is 52.4 Å². The minimum absolute atomic E-state index is 0.129. The number of urea groups is 1. The van der Waals surface area contributed by atoms with Gasteiger partial charge in [0, 0.05) is 19.1 Å². The Hall–Kier alpha value is -0.730. The van der Waals surface area contributed by atoms with Crippen molar-refractivity contribution in [2.45, 2.75) is 58.4 Å². The lowest BCUT2D eigenvalue weighted by atomic mass is 10.1. The van der Waals surface area contributed by atoms with Gasteiger partial charge in [0.25, 0.3) is 0 Å². The van der Waals surface area contributed by atoms with Crippen LogP contribution in [-0.4, -0.2) is 30.1 Å². The molecule has 1 aliphatic heterocycles. The number of hydrogen-bond acceptors (Lipinski definition) is 1. The van der Waals surface area contributed by atoms with Crippen LogP contribution in [0.5, 0.6) is 0 Å². The number of nitrogens with zero attached hydrogens (tertiary/aromatic N) is 1. The molecule has 2 amide bonds. The van der Waals surface area contributed by atoms with Crippen LogP contribution in [0.3, 0.4) is 0 Å². The summed E-state index contributed by atoms with van der Waals surface area (Å²) in [6.07, 6.45) is 7.38. The summed E-state index contributed by atoms with van der Waals surface area (Å²) < 4.78 is 0. The van der Waals surface area contributed by atoms with Crippen molar-refractivity contribution in [2.24, 2.45) is 0 Å². The second kappa shape index (κ2) is 6.70. The van der Waals surface area contributed by atoms with Gasteiger partial charge in [-0.1, -0.05) is 32.6 Å². The molecule has 0 aromatic carbocycles. The number of likely N-dealkylation sites (tertiary alicyclic amines) is 1. The van der Waals surface area contributed by atoms with Crippen molar-refractivity contribution in [2.75, 3.05) is 13.1 Å². The number of carbonyl (C=O) groups is 1. The van der Waals surface area contributed by atoms with Crippen LogP contribution in [0.2, 0.25) is 0 Å². The summed E-state index contributed by atoms with van der Waals surface area (Å²) in [6.45, 7) is 6.20. The first-order valence-corrected chi connectivity index (χ1v) is 6.29. The number of hydrogen-bond donors (Lipinski definition) is 1. The highest BCUT2D eigenvalue weighted by Crippen LogP contribution is 2.08. The third kappa shape index (κ3) is 4.54. The van der Waals surface area contributed by atoms with E-state index in [9.17, 15) is 4.79 Å². The minimum atomic E-state index is 0.129. The maximum absolute atomic E-state index is 11.5. The van der Waals surface area contributed by atoms with Crippen molar-refractivity contribution in [3.63, 3.8) is 0 Å². The van der Waals surface area contributed by atoms with E-state index in [1.807, 2.05) is 4.90 Å². The first kappa shape index (κ1) is 12.3. The van der Waals surface area contributed by atoms with Crippen molar-refractivity contribution in [3.05, 3.63) is 0 Å². The van der Waals surface area contributed by atoms with Gasteiger partial charge < -0.3 is 10.2 Å². The quantitative estimate of drug-likeness (QED) is 0.675. The average molecular weight is 212 g/mol. The molecule has 0 saturated carbocycles. The lowest BCUT2D eigenvalue weighted by Crippen LogP contribution is -2.50. The molecule has 0 radical (unpaired) electrons. The van der Waals surface area contributed by atoms with Gasteiger partial charge >= 0.3 is 6.03 Å². The van der Waals surface area contributed by atoms with Crippen LogP contribution in [0.25, 0.3) is 0 Å². The Morgan fingerprint density at radius 1 is 1.33 bits per heavy atom. The molecule has 3 nitrogen and oxygen atoms in total. The molecule has 15 heavy (non-hydrogen) atoms. The van der Waals surface area contributed by atoms with E-state index in [1.54, 1.807) is 0 Å². The molecule has 1 rings (SSSR count). The van der Waals surface area contributed by atoms with Gasteiger partial charge in [0.05, 0.1) is 0 Å². The third-order valence-electron chi connectivity index (χ3n) is 3.00. The second-order valence-corrected chi connectivity index (χ2v) is 4.54. The lowest BCUT2D eigenvalue weighted by Gasteiger charge is -2.32. The van der Waals surface area contributed by atoms with Gasteiger partial charge in [-0.3, -0.25) is 0 Å². The average Bonchev–Trinajstić information content (AvgIpc) is 2.09. The molecule has 0 bridgehead atoms. The van der Waals surface area contributed by atoms with Crippen LogP contribution in [0.4, 0.5) is 4.79 Å². The SMILES string of the molecule is CCCCCC[C@H](C)NC(=O)N1CCC1. The topological polar surface area (TPSA) is 32.3 Å². The summed E-state index contributed by atoms with van der Waals surface area (Å²) in [4.78, 5) is 13.4. The fourth-order valence-corrected chi connectivity index (χ4v) is 1.77. The zero-order chi connectivity index (χ0) is 11.1. The first-order valence-electron chi connectivity index (χ1n) is 6.29. The van der Waals surface area contributed by atoms with Gasteiger partial charge in [0.1, 0.15) is 0 Å². The predicted octanol–water partition coefficient (Wildman–Crippen LogP) is 2.76. The summed E-state index contributed by atoms with van der Waals surface area (Å²) in [5, 5.41) is 3.05. The molecular weight excluding hydrogens is 188 g/mol. The Morgan fingerprint density at radius 3 is 2.60 bits per heavy atom. The molecule has 0 aromatic heterocycles.